The van der Waals surface area contributed by atoms with Crippen molar-refractivity contribution in [2.45, 2.75) is 12.1 Å². The first-order valence-corrected chi connectivity index (χ1v) is 5.49. The average molecular weight is 271 g/mol. The minimum atomic E-state index is -4.54. The predicted molar refractivity (Wildman–Crippen MR) is 61.1 cm³/mol. The zero-order valence-corrected chi connectivity index (χ0v) is 10.1. The Morgan fingerprint density at radius 1 is 1.26 bits per heavy atom. The first kappa shape index (κ1) is 13.5. The van der Waals surface area contributed by atoms with Gasteiger partial charge in [-0.25, -0.2) is 15.0 Å². The zero-order valence-electron chi connectivity index (χ0n) is 10.1. The number of aromatic nitrogens is 4. The molecule has 0 saturated carbocycles. The smallest absolute Gasteiger partial charge is 0.340 e. The number of hydrogen-bond acceptors (Lipinski definition) is 4. The van der Waals surface area contributed by atoms with E-state index in [9.17, 15) is 13.2 Å². The van der Waals surface area contributed by atoms with Crippen LogP contribution in [0.3, 0.4) is 0 Å². The molecule has 0 radical (unpaired) electrons. The number of rotatable bonds is 3. The van der Waals surface area contributed by atoms with E-state index in [4.69, 9.17) is 5.73 Å². The molecule has 5 nitrogen and oxygen atoms in total. The topological polar surface area (TPSA) is 69.6 Å². The minimum absolute atomic E-state index is 0.214. The Balaban J connectivity index is 2.30. The van der Waals surface area contributed by atoms with Gasteiger partial charge in [0.1, 0.15) is 0 Å². The van der Waals surface area contributed by atoms with Crippen LogP contribution in [0.2, 0.25) is 0 Å². The molecule has 0 fully saturated rings. The third kappa shape index (κ3) is 2.90. The van der Waals surface area contributed by atoms with Crippen molar-refractivity contribution in [3.05, 3.63) is 42.0 Å². The molecule has 0 aromatic carbocycles. The molecule has 19 heavy (non-hydrogen) atoms. The van der Waals surface area contributed by atoms with Gasteiger partial charge in [0.15, 0.2) is 0 Å². The fourth-order valence-electron chi connectivity index (χ4n) is 1.70. The van der Waals surface area contributed by atoms with Gasteiger partial charge < -0.3 is 10.3 Å². The summed E-state index contributed by atoms with van der Waals surface area (Å²) in [6.45, 7) is 0.214. The largest absolute Gasteiger partial charge is 0.451 e. The van der Waals surface area contributed by atoms with E-state index >= 15 is 0 Å². The van der Waals surface area contributed by atoms with Gasteiger partial charge in [0, 0.05) is 38.1 Å². The second-order valence-corrected chi connectivity index (χ2v) is 4.09. The van der Waals surface area contributed by atoms with Crippen LogP contribution in [0.4, 0.5) is 13.2 Å². The van der Waals surface area contributed by atoms with E-state index in [1.165, 1.54) is 0 Å². The standard InChI is InChI=1S/C11H12F3N5/c1-19-5-9(18-6-19)8(2-15)7-3-16-10(17-4-7)11(12,13)14/h3-6,8H,2,15H2,1H3. The lowest BCUT2D eigenvalue weighted by molar-refractivity contribution is -0.145. The molecule has 2 N–H and O–H groups in total. The zero-order chi connectivity index (χ0) is 14.0. The van der Waals surface area contributed by atoms with Crippen molar-refractivity contribution in [2.75, 3.05) is 6.54 Å². The van der Waals surface area contributed by atoms with Gasteiger partial charge in [0.2, 0.25) is 5.82 Å². The third-order valence-electron chi connectivity index (χ3n) is 2.65. The SMILES string of the molecule is Cn1cnc(C(CN)c2cnc(C(F)(F)F)nc2)c1. The summed E-state index contributed by atoms with van der Waals surface area (Å²) in [5, 5.41) is 0. The first-order valence-electron chi connectivity index (χ1n) is 5.49. The van der Waals surface area contributed by atoms with E-state index in [0.717, 1.165) is 12.4 Å². The lowest BCUT2D eigenvalue weighted by atomic mass is 9.99. The lowest BCUT2D eigenvalue weighted by Crippen LogP contribution is -2.17. The van der Waals surface area contributed by atoms with Crippen LogP contribution >= 0.6 is 0 Å². The van der Waals surface area contributed by atoms with Crippen LogP contribution in [0.25, 0.3) is 0 Å². The molecular formula is C11H12F3N5. The fraction of sp³-hybridized carbons (Fsp3) is 0.364. The van der Waals surface area contributed by atoms with Gasteiger partial charge in [-0.05, 0) is 5.56 Å². The van der Waals surface area contributed by atoms with Crippen LogP contribution in [0.15, 0.2) is 24.9 Å². The molecule has 2 aromatic heterocycles. The molecule has 0 aliphatic rings. The number of halogens is 3. The van der Waals surface area contributed by atoms with E-state index in [0.29, 0.717) is 11.3 Å². The van der Waals surface area contributed by atoms with Gasteiger partial charge in [-0.1, -0.05) is 0 Å². The molecule has 0 aliphatic heterocycles. The van der Waals surface area contributed by atoms with E-state index in [2.05, 4.69) is 15.0 Å². The molecule has 102 valence electrons. The van der Waals surface area contributed by atoms with Crippen molar-refractivity contribution in [1.29, 1.82) is 0 Å². The van der Waals surface area contributed by atoms with Crippen molar-refractivity contribution in [3.63, 3.8) is 0 Å². The highest BCUT2D eigenvalue weighted by Gasteiger charge is 2.34. The Morgan fingerprint density at radius 2 is 1.89 bits per heavy atom. The summed E-state index contributed by atoms with van der Waals surface area (Å²) in [6.07, 6.45) is 1.10. The molecular weight excluding hydrogens is 259 g/mol. The number of nitrogens with two attached hydrogens (primary N) is 1. The highest BCUT2D eigenvalue weighted by molar-refractivity contribution is 5.24. The number of aryl methyl sites for hydroxylation is 1. The number of alkyl halides is 3. The van der Waals surface area contributed by atoms with Gasteiger partial charge in [-0.15, -0.1) is 0 Å². The summed E-state index contributed by atoms with van der Waals surface area (Å²) < 4.78 is 38.8. The molecule has 0 aliphatic carbocycles. The van der Waals surface area contributed by atoms with Crippen LogP contribution in [-0.2, 0) is 13.2 Å². The number of imidazole rings is 1. The van der Waals surface area contributed by atoms with Crippen molar-refractivity contribution in [2.24, 2.45) is 12.8 Å². The predicted octanol–water partition coefficient (Wildman–Crippen LogP) is 1.32. The maximum absolute atomic E-state index is 12.4. The van der Waals surface area contributed by atoms with Gasteiger partial charge in [0.05, 0.1) is 12.0 Å². The van der Waals surface area contributed by atoms with Gasteiger partial charge in [0.25, 0.3) is 0 Å². The Kier molecular flexibility index (Phi) is 3.52. The van der Waals surface area contributed by atoms with Crippen molar-refractivity contribution < 1.29 is 13.2 Å². The summed E-state index contributed by atoms with van der Waals surface area (Å²) in [4.78, 5) is 10.8. The Hall–Kier alpha value is -1.96. The summed E-state index contributed by atoms with van der Waals surface area (Å²) >= 11 is 0. The molecule has 2 rings (SSSR count). The Bertz CT molecular complexity index is 546. The first-order chi connectivity index (χ1) is 8.91. The molecule has 2 heterocycles. The fourth-order valence-corrected chi connectivity index (χ4v) is 1.70. The highest BCUT2D eigenvalue weighted by atomic mass is 19.4. The van der Waals surface area contributed by atoms with E-state index in [1.54, 1.807) is 24.1 Å². The van der Waals surface area contributed by atoms with Crippen LogP contribution in [0.5, 0.6) is 0 Å². The summed E-state index contributed by atoms with van der Waals surface area (Å²) in [7, 11) is 1.80. The Labute approximate surface area is 107 Å². The number of hydrogen-bond donors (Lipinski definition) is 1. The quantitative estimate of drug-likeness (QED) is 0.914. The van der Waals surface area contributed by atoms with Gasteiger partial charge in [-0.2, -0.15) is 13.2 Å². The van der Waals surface area contributed by atoms with Gasteiger partial charge >= 0.3 is 6.18 Å². The van der Waals surface area contributed by atoms with Crippen LogP contribution in [-0.4, -0.2) is 26.1 Å². The maximum Gasteiger partial charge on any atom is 0.451 e. The maximum atomic E-state index is 12.4. The molecule has 1 unspecified atom stereocenters. The van der Waals surface area contributed by atoms with E-state index in [-0.39, 0.29) is 12.5 Å². The van der Waals surface area contributed by atoms with Crippen LogP contribution in [0.1, 0.15) is 23.0 Å². The summed E-state index contributed by atoms with van der Waals surface area (Å²) in [5.74, 6) is -1.48. The van der Waals surface area contributed by atoms with E-state index < -0.39 is 12.0 Å². The summed E-state index contributed by atoms with van der Waals surface area (Å²) in [6, 6.07) is 0. The molecule has 2 aromatic rings. The average Bonchev–Trinajstić information content (AvgIpc) is 2.76. The molecule has 1 atom stereocenters. The van der Waals surface area contributed by atoms with Crippen molar-refractivity contribution in [1.82, 2.24) is 19.5 Å². The molecule has 0 saturated heterocycles. The van der Waals surface area contributed by atoms with Gasteiger partial charge in [-0.3, -0.25) is 0 Å². The minimum Gasteiger partial charge on any atom is -0.340 e. The molecule has 8 heteroatoms. The third-order valence-corrected chi connectivity index (χ3v) is 2.65. The highest BCUT2D eigenvalue weighted by Crippen LogP contribution is 2.27. The molecule has 0 bridgehead atoms. The second kappa shape index (κ2) is 4.96. The van der Waals surface area contributed by atoms with Crippen molar-refractivity contribution >= 4 is 0 Å². The second-order valence-electron chi connectivity index (χ2n) is 4.09. The Morgan fingerprint density at radius 3 is 2.32 bits per heavy atom. The van der Waals surface area contributed by atoms with Crippen LogP contribution < -0.4 is 5.73 Å². The normalized spacial score (nSPS) is 13.5. The number of nitrogens with zero attached hydrogens (tertiary/aromatic N) is 4. The molecule has 0 spiro atoms. The monoisotopic (exact) mass is 271 g/mol. The van der Waals surface area contributed by atoms with Crippen LogP contribution in [0, 0.1) is 0 Å². The molecule has 0 amide bonds. The lowest BCUT2D eigenvalue weighted by Gasteiger charge is -2.12. The van der Waals surface area contributed by atoms with E-state index in [1.807, 2.05) is 0 Å². The summed E-state index contributed by atoms with van der Waals surface area (Å²) in [5.41, 5.74) is 6.83. The van der Waals surface area contributed by atoms with Crippen molar-refractivity contribution in [3.8, 4) is 0 Å².